The lowest BCUT2D eigenvalue weighted by atomic mass is 9.98. The summed E-state index contributed by atoms with van der Waals surface area (Å²) in [6.07, 6.45) is 0.0672. The second kappa shape index (κ2) is 9.78. The summed E-state index contributed by atoms with van der Waals surface area (Å²) in [5.74, 6) is -2.14. The van der Waals surface area contributed by atoms with Crippen LogP contribution >= 0.6 is 0 Å². The number of ether oxygens (including phenoxy) is 1. The Labute approximate surface area is 225 Å². The number of imide groups is 1. The van der Waals surface area contributed by atoms with E-state index in [0.717, 1.165) is 23.6 Å². The number of amides is 3. The maximum absolute atomic E-state index is 15.2. The minimum Gasteiger partial charge on any atom is -0.381 e. The summed E-state index contributed by atoms with van der Waals surface area (Å²) in [6.45, 7) is 8.03. The van der Waals surface area contributed by atoms with Crippen LogP contribution in [0.4, 0.5) is 10.1 Å². The highest BCUT2D eigenvalue weighted by Crippen LogP contribution is 2.33. The number of carbonyl (C=O) groups excluding carboxylic acids is 3. The molecule has 8 nitrogen and oxygen atoms in total. The molecule has 0 aliphatic carbocycles. The van der Waals surface area contributed by atoms with Gasteiger partial charge >= 0.3 is 0 Å². The van der Waals surface area contributed by atoms with Crippen molar-refractivity contribution in [3.63, 3.8) is 0 Å². The second-order valence-corrected chi connectivity index (χ2v) is 11.5. The van der Waals surface area contributed by atoms with Gasteiger partial charge in [-0.15, -0.1) is 0 Å². The molecule has 1 atom stereocenters. The molecule has 0 bridgehead atoms. The van der Waals surface area contributed by atoms with E-state index >= 15 is 4.39 Å². The summed E-state index contributed by atoms with van der Waals surface area (Å²) >= 11 is 0. The molecule has 3 heterocycles. The lowest BCUT2D eigenvalue weighted by Crippen LogP contribution is -2.56. The zero-order chi connectivity index (χ0) is 29.0. The third-order valence-corrected chi connectivity index (χ3v) is 7.02. The monoisotopic (exact) mass is 524 g/mol. The molecule has 3 amide bonds. The Morgan fingerprint density at radius 3 is 2.55 bits per heavy atom. The molecule has 202 valence electrons. The number of rotatable bonds is 6. The van der Waals surface area contributed by atoms with Gasteiger partial charge in [-0.1, -0.05) is 18.2 Å². The van der Waals surface area contributed by atoms with Gasteiger partial charge in [-0.25, -0.2) is 4.39 Å². The second-order valence-electron chi connectivity index (χ2n) is 11.5. The highest BCUT2D eigenvalue weighted by Gasteiger charge is 2.40. The molecule has 0 saturated carbocycles. The molecule has 1 unspecified atom stereocenters. The average molecular weight is 525 g/mol. The van der Waals surface area contributed by atoms with E-state index in [9.17, 15) is 14.4 Å². The molecule has 38 heavy (non-hydrogen) atoms. The molecule has 2 N–H and O–H groups in total. The third kappa shape index (κ3) is 5.44. The van der Waals surface area contributed by atoms with Crippen molar-refractivity contribution in [3.05, 3.63) is 64.5 Å². The van der Waals surface area contributed by atoms with Crippen molar-refractivity contribution in [2.75, 3.05) is 18.4 Å². The number of nitrogens with zero attached hydrogens (tertiary/aromatic N) is 2. The number of morpholine rings is 1. The average Bonchev–Trinajstić information content (AvgIpc) is 3.02. The normalized spacial score (nSPS) is 24.9. The van der Waals surface area contributed by atoms with Crippen molar-refractivity contribution >= 4 is 23.4 Å². The predicted octanol–water partition coefficient (Wildman–Crippen LogP) is 3.59. The Hall–Kier alpha value is -3.30. The number of halogens is 1. The van der Waals surface area contributed by atoms with Gasteiger partial charge in [0.05, 0.1) is 13.9 Å². The van der Waals surface area contributed by atoms with Crippen LogP contribution in [0.15, 0.2) is 36.4 Å². The minimum atomic E-state index is -2.31. The molecule has 2 saturated heterocycles. The van der Waals surface area contributed by atoms with Gasteiger partial charge in [0, 0.05) is 61.5 Å². The number of hydrogen-bond donors (Lipinski definition) is 2. The number of hydrogen-bond acceptors (Lipinski definition) is 6. The number of piperidine rings is 1. The molecule has 0 radical (unpaired) electrons. The summed E-state index contributed by atoms with van der Waals surface area (Å²) in [7, 11) is 0. The number of fused-ring (bicyclic) bond motifs is 1. The fourth-order valence-corrected chi connectivity index (χ4v) is 5.79. The van der Waals surface area contributed by atoms with Crippen molar-refractivity contribution < 1.29 is 26.3 Å². The zero-order valence-corrected chi connectivity index (χ0v) is 22.2. The van der Waals surface area contributed by atoms with Crippen LogP contribution in [0.2, 0.25) is 0 Å². The van der Waals surface area contributed by atoms with Gasteiger partial charge in [-0.05, 0) is 57.9 Å². The van der Waals surface area contributed by atoms with Gasteiger partial charge in [0.1, 0.15) is 11.9 Å². The number of nitrogens with one attached hydrogen (secondary N) is 2. The Morgan fingerprint density at radius 1 is 1.13 bits per heavy atom. The van der Waals surface area contributed by atoms with Crippen LogP contribution in [0.25, 0.3) is 0 Å². The molecule has 9 heteroatoms. The lowest BCUT2D eigenvalue weighted by Gasteiger charge is -2.47. The van der Waals surface area contributed by atoms with Crippen molar-refractivity contribution in [2.24, 2.45) is 0 Å². The minimum absolute atomic E-state index is 0.0219. The third-order valence-electron chi connectivity index (χ3n) is 7.02. The van der Waals surface area contributed by atoms with Crippen molar-refractivity contribution in [3.8, 4) is 0 Å². The van der Waals surface area contributed by atoms with E-state index in [1.54, 1.807) is 18.2 Å². The van der Waals surface area contributed by atoms with Gasteiger partial charge in [0.25, 0.3) is 5.91 Å². The Bertz CT molecular complexity index is 1360. The summed E-state index contributed by atoms with van der Waals surface area (Å²) < 4.78 is 38.9. The molecule has 5 rings (SSSR count). The van der Waals surface area contributed by atoms with Gasteiger partial charge in [-0.2, -0.15) is 0 Å². The maximum Gasteiger partial charge on any atom is 0.255 e. The van der Waals surface area contributed by atoms with Crippen LogP contribution in [0.3, 0.4) is 0 Å². The SMILES string of the molecule is [2H]C1([2H])c2c(NCc3ccc(CN4CC(C)(C)OC(C)(C)C4)cc3F)cccc2C(=O)N1C1CCC(=O)NC1=O. The molecule has 0 aromatic heterocycles. The van der Waals surface area contributed by atoms with Crippen molar-refractivity contribution in [2.45, 2.75) is 77.4 Å². The molecular weight excluding hydrogens is 487 g/mol. The van der Waals surface area contributed by atoms with E-state index in [1.165, 1.54) is 12.1 Å². The molecule has 2 fully saturated rings. The standard InChI is InChI=1S/C29H35FN4O4/c1-28(2)16-33(17-29(3,4)38-28)14-18-8-9-19(22(30)12-18)13-31-23-7-5-6-20-21(23)15-34(27(20)37)24-10-11-25(35)32-26(24)36/h5-9,12,24,31H,10-11,13-17H2,1-4H3,(H,32,35,36)/i15D2. The molecule has 3 aliphatic heterocycles. The highest BCUT2D eigenvalue weighted by molar-refractivity contribution is 6.06. The summed E-state index contributed by atoms with van der Waals surface area (Å²) in [5, 5.41) is 5.29. The fraction of sp³-hybridized carbons (Fsp3) is 0.483. The van der Waals surface area contributed by atoms with Crippen LogP contribution in [0, 0.1) is 5.82 Å². The molecule has 3 aliphatic rings. The summed E-state index contributed by atoms with van der Waals surface area (Å²) in [5.41, 5.74) is 1.20. The van der Waals surface area contributed by atoms with E-state index < -0.39 is 30.3 Å². The highest BCUT2D eigenvalue weighted by atomic mass is 19.1. The molecule has 2 aromatic rings. The first kappa shape index (κ1) is 23.8. The number of anilines is 1. The van der Waals surface area contributed by atoms with E-state index in [-0.39, 0.29) is 47.5 Å². The number of carbonyl (C=O) groups is 3. The number of benzene rings is 2. The topological polar surface area (TPSA) is 91.0 Å². The zero-order valence-electron chi connectivity index (χ0n) is 24.2. The Kier molecular flexibility index (Phi) is 6.12. The first-order chi connectivity index (χ1) is 18.7. The van der Waals surface area contributed by atoms with E-state index in [4.69, 9.17) is 7.48 Å². The largest absolute Gasteiger partial charge is 0.381 e. The molecule has 0 spiro atoms. The van der Waals surface area contributed by atoms with Crippen molar-refractivity contribution in [1.82, 2.24) is 15.1 Å². The van der Waals surface area contributed by atoms with Gasteiger partial charge in [-0.3, -0.25) is 24.6 Å². The Balaban J connectivity index is 1.31. The first-order valence-electron chi connectivity index (χ1n) is 13.9. The predicted molar refractivity (Wildman–Crippen MR) is 141 cm³/mol. The van der Waals surface area contributed by atoms with E-state index in [2.05, 4.69) is 43.2 Å². The molecular formula is C29H35FN4O4. The molecule has 2 aromatic carbocycles. The fourth-order valence-electron chi connectivity index (χ4n) is 5.79. The van der Waals surface area contributed by atoms with E-state index in [0.29, 0.717) is 17.8 Å². The maximum atomic E-state index is 15.2. The Morgan fingerprint density at radius 2 is 1.87 bits per heavy atom. The smallest absolute Gasteiger partial charge is 0.255 e. The van der Waals surface area contributed by atoms with E-state index in [1.807, 2.05) is 6.07 Å². The summed E-state index contributed by atoms with van der Waals surface area (Å²) in [6, 6.07) is 8.78. The van der Waals surface area contributed by atoms with Crippen LogP contribution < -0.4 is 10.6 Å². The first-order valence-corrected chi connectivity index (χ1v) is 12.9. The van der Waals surface area contributed by atoms with Crippen LogP contribution in [0.5, 0.6) is 0 Å². The van der Waals surface area contributed by atoms with Crippen molar-refractivity contribution in [1.29, 1.82) is 0 Å². The van der Waals surface area contributed by atoms with Crippen LogP contribution in [-0.4, -0.2) is 57.9 Å². The quantitative estimate of drug-likeness (QED) is 0.562. The lowest BCUT2D eigenvalue weighted by molar-refractivity contribution is -0.182. The van der Waals surface area contributed by atoms with Crippen LogP contribution in [0.1, 0.15) is 70.3 Å². The van der Waals surface area contributed by atoms with Gasteiger partial charge in [0.2, 0.25) is 11.8 Å². The summed E-state index contributed by atoms with van der Waals surface area (Å²) in [4.78, 5) is 40.5. The van der Waals surface area contributed by atoms with Gasteiger partial charge in [0.15, 0.2) is 0 Å². The van der Waals surface area contributed by atoms with Crippen LogP contribution in [-0.2, 0) is 33.9 Å². The van der Waals surface area contributed by atoms with Gasteiger partial charge < -0.3 is 15.0 Å².